The molecule has 0 unspecified atom stereocenters. The van der Waals surface area contributed by atoms with E-state index in [1.807, 2.05) is 19.9 Å². The number of aryl methyl sites for hydroxylation is 1. The molecule has 0 bridgehead atoms. The fraction of sp³-hybridized carbons (Fsp3) is 0.250. The van der Waals surface area contributed by atoms with Crippen molar-refractivity contribution in [2.24, 2.45) is 0 Å². The number of hydrogen-bond donors (Lipinski definition) is 1. The van der Waals surface area contributed by atoms with Gasteiger partial charge in [0.1, 0.15) is 5.75 Å². The molecule has 2 aromatic rings. The topological polar surface area (TPSA) is 46.5 Å². The third-order valence-corrected chi connectivity index (χ3v) is 4.09. The van der Waals surface area contributed by atoms with E-state index in [9.17, 15) is 13.6 Å². The Labute approximate surface area is 145 Å². The average Bonchev–Trinajstić information content (AvgIpc) is 2.56. The van der Waals surface area contributed by atoms with Crippen LogP contribution >= 0.6 is 0 Å². The van der Waals surface area contributed by atoms with Gasteiger partial charge in [-0.25, -0.2) is 13.6 Å². The van der Waals surface area contributed by atoms with Crippen LogP contribution in [0.15, 0.2) is 42.5 Å². The summed E-state index contributed by atoms with van der Waals surface area (Å²) in [7, 11) is 1.50. The monoisotopic (exact) mass is 346 g/mol. The van der Waals surface area contributed by atoms with E-state index in [-0.39, 0.29) is 11.1 Å². The Balaban J connectivity index is 2.29. The average molecular weight is 346 g/mol. The van der Waals surface area contributed by atoms with E-state index in [1.165, 1.54) is 31.4 Å². The van der Waals surface area contributed by atoms with Gasteiger partial charge in [-0.1, -0.05) is 30.3 Å². The number of benzene rings is 2. The predicted molar refractivity (Wildman–Crippen MR) is 93.6 cm³/mol. The lowest BCUT2D eigenvalue weighted by Gasteiger charge is -2.15. The van der Waals surface area contributed by atoms with Crippen molar-refractivity contribution < 1.29 is 23.4 Å². The normalized spacial score (nSPS) is 11.7. The first-order valence-corrected chi connectivity index (χ1v) is 7.77. The number of carbonyl (C=O) groups is 1. The number of aromatic carboxylic acids is 1. The number of alkyl halides is 2. The van der Waals surface area contributed by atoms with Gasteiger partial charge in [-0.2, -0.15) is 0 Å². The minimum absolute atomic E-state index is 0.0942. The number of halogens is 2. The Bertz CT molecular complexity index is 811. The molecule has 0 aliphatic heterocycles. The number of methoxy groups -OCH3 is 1. The maximum Gasteiger partial charge on any atom is 0.335 e. The smallest absolute Gasteiger partial charge is 0.335 e. The van der Waals surface area contributed by atoms with Gasteiger partial charge >= 0.3 is 5.97 Å². The van der Waals surface area contributed by atoms with E-state index in [4.69, 9.17) is 9.84 Å². The van der Waals surface area contributed by atoms with Gasteiger partial charge in [0, 0.05) is 12.0 Å². The molecule has 0 saturated heterocycles. The van der Waals surface area contributed by atoms with Crippen LogP contribution in [0.4, 0.5) is 8.78 Å². The van der Waals surface area contributed by atoms with Gasteiger partial charge < -0.3 is 9.84 Å². The van der Waals surface area contributed by atoms with Crippen LogP contribution in [0.1, 0.15) is 32.6 Å². The van der Waals surface area contributed by atoms with Crippen molar-refractivity contribution in [1.82, 2.24) is 0 Å². The van der Waals surface area contributed by atoms with Gasteiger partial charge in [-0.3, -0.25) is 0 Å². The van der Waals surface area contributed by atoms with E-state index in [2.05, 4.69) is 0 Å². The molecule has 5 heteroatoms. The highest BCUT2D eigenvalue weighted by Gasteiger charge is 2.28. The number of rotatable bonds is 6. The highest BCUT2D eigenvalue weighted by atomic mass is 19.3. The SMILES string of the molecule is COc1c(/C=C/C(F)(F)Cc2ccccc2C(=O)O)ccc(C)c1C. The second-order valence-electron chi connectivity index (χ2n) is 5.86. The molecule has 0 saturated carbocycles. The number of carboxylic acid groups (broad SMARTS) is 1. The molecule has 0 heterocycles. The molecule has 1 N–H and O–H groups in total. The second kappa shape index (κ2) is 7.47. The molecule has 25 heavy (non-hydrogen) atoms. The molecule has 132 valence electrons. The third-order valence-electron chi connectivity index (χ3n) is 4.09. The lowest BCUT2D eigenvalue weighted by atomic mass is 9.99. The summed E-state index contributed by atoms with van der Waals surface area (Å²) in [6.45, 7) is 3.79. The van der Waals surface area contributed by atoms with Crippen LogP contribution in [-0.4, -0.2) is 24.1 Å². The molecule has 0 spiro atoms. The Morgan fingerprint density at radius 2 is 1.88 bits per heavy atom. The van der Waals surface area contributed by atoms with Crippen LogP contribution in [0.2, 0.25) is 0 Å². The van der Waals surface area contributed by atoms with E-state index in [0.717, 1.165) is 17.2 Å². The van der Waals surface area contributed by atoms with Crippen LogP contribution in [0.5, 0.6) is 5.75 Å². The van der Waals surface area contributed by atoms with Crippen molar-refractivity contribution in [3.63, 3.8) is 0 Å². The molecule has 0 aliphatic rings. The van der Waals surface area contributed by atoms with Gasteiger partial charge in [0.25, 0.3) is 5.92 Å². The van der Waals surface area contributed by atoms with E-state index in [1.54, 1.807) is 12.1 Å². The summed E-state index contributed by atoms with van der Waals surface area (Å²) in [4.78, 5) is 11.2. The highest BCUT2D eigenvalue weighted by Crippen LogP contribution is 2.30. The summed E-state index contributed by atoms with van der Waals surface area (Å²) in [6, 6.07) is 9.36. The lowest BCUT2D eigenvalue weighted by molar-refractivity contribution is 0.0557. The predicted octanol–water partition coefficient (Wildman–Crippen LogP) is 4.90. The Morgan fingerprint density at radius 3 is 2.52 bits per heavy atom. The molecule has 3 nitrogen and oxygen atoms in total. The fourth-order valence-corrected chi connectivity index (χ4v) is 2.62. The summed E-state index contributed by atoms with van der Waals surface area (Å²) in [5.74, 6) is -3.85. The van der Waals surface area contributed by atoms with Crippen LogP contribution < -0.4 is 4.74 Å². The second-order valence-corrected chi connectivity index (χ2v) is 5.86. The summed E-state index contributed by atoms with van der Waals surface area (Å²) >= 11 is 0. The molecule has 0 radical (unpaired) electrons. The standard InChI is InChI=1S/C20H20F2O3/c1-13-8-9-15(18(25-3)14(13)2)10-11-20(21,22)12-16-6-4-5-7-17(16)19(23)24/h4-11H,12H2,1-3H3,(H,23,24)/b11-10+. The maximum absolute atomic E-state index is 14.3. The molecule has 0 fully saturated rings. The first-order chi connectivity index (χ1) is 11.7. The van der Waals surface area contributed by atoms with Crippen molar-refractivity contribution >= 4 is 12.0 Å². The zero-order valence-electron chi connectivity index (χ0n) is 14.3. The number of hydrogen-bond acceptors (Lipinski definition) is 2. The molecular formula is C20H20F2O3. The molecular weight excluding hydrogens is 326 g/mol. The van der Waals surface area contributed by atoms with Crippen molar-refractivity contribution in [3.8, 4) is 5.75 Å². The lowest BCUT2D eigenvalue weighted by Crippen LogP contribution is -2.18. The summed E-state index contributed by atoms with van der Waals surface area (Å²) in [5, 5.41) is 9.12. The molecule has 0 amide bonds. The van der Waals surface area contributed by atoms with Gasteiger partial charge in [0.05, 0.1) is 12.7 Å². The molecule has 0 atom stereocenters. The van der Waals surface area contributed by atoms with Crippen LogP contribution in [-0.2, 0) is 6.42 Å². The highest BCUT2D eigenvalue weighted by molar-refractivity contribution is 5.89. The number of allylic oxidation sites excluding steroid dienone is 1. The van der Waals surface area contributed by atoms with E-state index < -0.39 is 18.3 Å². The molecule has 0 aromatic heterocycles. The molecule has 2 rings (SSSR count). The number of ether oxygens (including phenoxy) is 1. The van der Waals surface area contributed by atoms with E-state index in [0.29, 0.717) is 11.3 Å². The molecule has 2 aromatic carbocycles. The quantitative estimate of drug-likeness (QED) is 0.809. The zero-order chi connectivity index (χ0) is 18.6. The number of carboxylic acids is 1. The van der Waals surface area contributed by atoms with Crippen LogP contribution in [0, 0.1) is 13.8 Å². The minimum Gasteiger partial charge on any atom is -0.496 e. The zero-order valence-corrected chi connectivity index (χ0v) is 14.3. The molecule has 0 aliphatic carbocycles. The van der Waals surface area contributed by atoms with Gasteiger partial charge in [-0.15, -0.1) is 0 Å². The Hall–Kier alpha value is -2.69. The van der Waals surface area contributed by atoms with Crippen molar-refractivity contribution in [1.29, 1.82) is 0 Å². The van der Waals surface area contributed by atoms with Gasteiger partial charge in [-0.05, 0) is 48.8 Å². The van der Waals surface area contributed by atoms with Crippen LogP contribution in [0.3, 0.4) is 0 Å². The van der Waals surface area contributed by atoms with Crippen molar-refractivity contribution in [2.45, 2.75) is 26.2 Å². The largest absolute Gasteiger partial charge is 0.496 e. The van der Waals surface area contributed by atoms with Gasteiger partial charge in [0.15, 0.2) is 0 Å². The van der Waals surface area contributed by atoms with Crippen LogP contribution in [0.25, 0.3) is 6.08 Å². The fourth-order valence-electron chi connectivity index (χ4n) is 2.62. The Morgan fingerprint density at radius 1 is 1.20 bits per heavy atom. The summed E-state index contributed by atoms with van der Waals surface area (Å²) in [6.07, 6.45) is 1.42. The third kappa shape index (κ3) is 4.44. The van der Waals surface area contributed by atoms with Crippen molar-refractivity contribution in [2.75, 3.05) is 7.11 Å². The minimum atomic E-state index is -3.19. The first kappa shape index (κ1) is 18.6. The van der Waals surface area contributed by atoms with Crippen molar-refractivity contribution in [3.05, 3.63) is 70.3 Å². The summed E-state index contributed by atoms with van der Waals surface area (Å²) in [5.41, 5.74) is 2.44. The first-order valence-electron chi connectivity index (χ1n) is 7.77. The summed E-state index contributed by atoms with van der Waals surface area (Å²) < 4.78 is 34.0. The Kier molecular flexibility index (Phi) is 5.57. The van der Waals surface area contributed by atoms with E-state index >= 15 is 0 Å². The van der Waals surface area contributed by atoms with Gasteiger partial charge in [0.2, 0.25) is 0 Å². The maximum atomic E-state index is 14.3.